The van der Waals surface area contributed by atoms with Gasteiger partial charge in [0.05, 0.1) is 6.10 Å². The Morgan fingerprint density at radius 2 is 1.39 bits per heavy atom. The first-order chi connectivity index (χ1) is 20.0. The van der Waals surface area contributed by atoms with E-state index in [0.29, 0.717) is 25.2 Å². The molecule has 3 amide bonds. The van der Waals surface area contributed by atoms with Gasteiger partial charge < -0.3 is 23.9 Å². The summed E-state index contributed by atoms with van der Waals surface area (Å²) in [6, 6.07) is -2.33. The summed E-state index contributed by atoms with van der Waals surface area (Å²) >= 11 is 0. The van der Waals surface area contributed by atoms with Gasteiger partial charge in [-0.15, -0.1) is 0 Å². The Bertz CT molecular complexity index is 957. The number of amides is 3. The van der Waals surface area contributed by atoms with Crippen molar-refractivity contribution < 1.29 is 23.6 Å². The number of rotatable bonds is 18. The zero-order valence-corrected chi connectivity index (χ0v) is 32.1. The standard InChI is InChI=1S/C35H67N3O5Si/c1-17-18-19-27(8)32(43-44(15,16)35(9,10)11)29(23-39)37(13)34(42)31(26(6)7)38(14)33(41)28(22-25(4)5)36(12)30(40)21-20-24(2)3/h17-18,23-29,31-32H,19-22H2,1-16H3/b18-17+/t27-,28+,29-,31+,32-/m1/s1. The maximum atomic E-state index is 14.3. The second-order valence-corrected chi connectivity index (χ2v) is 20.2. The molecule has 0 rings (SSSR count). The molecule has 0 N–H and O–H groups in total. The molecule has 0 aliphatic rings. The molecule has 0 bridgehead atoms. The number of carbonyl (C=O) groups is 4. The van der Waals surface area contributed by atoms with Gasteiger partial charge in [-0.2, -0.15) is 0 Å². The molecule has 0 aliphatic heterocycles. The second-order valence-electron chi connectivity index (χ2n) is 15.4. The predicted molar refractivity (Wildman–Crippen MR) is 185 cm³/mol. The van der Waals surface area contributed by atoms with Gasteiger partial charge in [-0.3, -0.25) is 14.4 Å². The molecule has 0 saturated carbocycles. The third kappa shape index (κ3) is 12.1. The fourth-order valence-electron chi connectivity index (χ4n) is 5.17. The van der Waals surface area contributed by atoms with E-state index in [0.717, 1.165) is 12.7 Å². The minimum atomic E-state index is -2.31. The molecule has 0 aromatic heterocycles. The lowest BCUT2D eigenvalue weighted by Crippen LogP contribution is -2.60. The molecule has 0 aromatic rings. The summed E-state index contributed by atoms with van der Waals surface area (Å²) in [7, 11) is 2.67. The van der Waals surface area contributed by atoms with E-state index in [-0.39, 0.29) is 40.5 Å². The van der Waals surface area contributed by atoms with E-state index in [1.807, 2.05) is 40.7 Å². The van der Waals surface area contributed by atoms with E-state index in [4.69, 9.17) is 4.43 Å². The van der Waals surface area contributed by atoms with Crippen molar-refractivity contribution in [3.8, 4) is 0 Å². The minimum absolute atomic E-state index is 0.0245. The largest absolute Gasteiger partial charge is 0.411 e. The molecule has 0 saturated heterocycles. The third-order valence-electron chi connectivity index (χ3n) is 9.24. The first-order valence-electron chi connectivity index (χ1n) is 16.6. The number of hydrogen-bond donors (Lipinski definition) is 0. The summed E-state index contributed by atoms with van der Waals surface area (Å²) < 4.78 is 6.87. The van der Waals surface area contributed by atoms with Crippen LogP contribution in [0.15, 0.2) is 12.2 Å². The van der Waals surface area contributed by atoms with E-state index < -0.39 is 32.5 Å². The first-order valence-corrected chi connectivity index (χ1v) is 19.5. The molecule has 256 valence electrons. The number of carbonyl (C=O) groups excluding carboxylic acids is 4. The summed E-state index contributed by atoms with van der Waals surface area (Å²) in [5, 5.41) is -0.0846. The summed E-state index contributed by atoms with van der Waals surface area (Å²) in [6.45, 7) is 26.8. The van der Waals surface area contributed by atoms with Crippen LogP contribution >= 0.6 is 0 Å². The lowest BCUT2D eigenvalue weighted by molar-refractivity contribution is -0.154. The predicted octanol–water partition coefficient (Wildman–Crippen LogP) is 6.80. The molecule has 0 spiro atoms. The van der Waals surface area contributed by atoms with Crippen molar-refractivity contribution >= 4 is 32.3 Å². The Morgan fingerprint density at radius 1 is 0.841 bits per heavy atom. The van der Waals surface area contributed by atoms with Crippen LogP contribution in [-0.2, 0) is 23.6 Å². The Hall–Kier alpha value is -2.00. The van der Waals surface area contributed by atoms with Crippen LogP contribution in [0.25, 0.3) is 0 Å². The maximum Gasteiger partial charge on any atom is 0.246 e. The van der Waals surface area contributed by atoms with Crippen LogP contribution in [0.1, 0.15) is 102 Å². The molecule has 5 atom stereocenters. The zero-order valence-electron chi connectivity index (χ0n) is 31.1. The topological polar surface area (TPSA) is 87.2 Å². The summed E-state index contributed by atoms with van der Waals surface area (Å²) in [5.74, 6) is -0.359. The minimum Gasteiger partial charge on any atom is -0.411 e. The number of hydrogen-bond acceptors (Lipinski definition) is 5. The third-order valence-corrected chi connectivity index (χ3v) is 13.7. The van der Waals surface area contributed by atoms with E-state index in [9.17, 15) is 19.2 Å². The van der Waals surface area contributed by atoms with Gasteiger partial charge in [0.2, 0.25) is 17.7 Å². The van der Waals surface area contributed by atoms with E-state index >= 15 is 0 Å². The van der Waals surface area contributed by atoms with Crippen molar-refractivity contribution in [2.75, 3.05) is 21.1 Å². The van der Waals surface area contributed by atoms with Gasteiger partial charge in [0.15, 0.2) is 8.32 Å². The first kappa shape index (κ1) is 42.0. The van der Waals surface area contributed by atoms with Crippen molar-refractivity contribution in [2.45, 2.75) is 144 Å². The molecular weight excluding hydrogens is 570 g/mol. The van der Waals surface area contributed by atoms with Crippen LogP contribution < -0.4 is 0 Å². The maximum absolute atomic E-state index is 14.3. The molecule has 0 aromatic carbocycles. The molecule has 0 unspecified atom stereocenters. The van der Waals surface area contributed by atoms with Crippen molar-refractivity contribution in [1.82, 2.24) is 14.7 Å². The van der Waals surface area contributed by atoms with E-state index in [1.54, 1.807) is 26.0 Å². The van der Waals surface area contributed by atoms with Gasteiger partial charge in [-0.05, 0) is 68.0 Å². The highest BCUT2D eigenvalue weighted by Gasteiger charge is 2.45. The average Bonchev–Trinajstić information content (AvgIpc) is 2.90. The zero-order chi connectivity index (χ0) is 34.7. The van der Waals surface area contributed by atoms with E-state index in [1.165, 1.54) is 9.80 Å². The molecule has 8 nitrogen and oxygen atoms in total. The van der Waals surface area contributed by atoms with Gasteiger partial charge in [-0.1, -0.05) is 81.4 Å². The van der Waals surface area contributed by atoms with Gasteiger partial charge in [0.25, 0.3) is 0 Å². The summed E-state index contributed by atoms with van der Waals surface area (Å²) in [5.41, 5.74) is 0. The molecule has 0 heterocycles. The SMILES string of the molecule is C/C=C/C[C@@H](C)[C@@H](O[Si](C)(C)C(C)(C)C)[C@@H](C=O)N(C)C(=O)[C@H](C(C)C)N(C)C(=O)[C@H](CC(C)C)N(C)C(=O)CCC(C)C. The number of allylic oxidation sites excluding steroid dienone is 2. The molecule has 0 aliphatic carbocycles. The smallest absolute Gasteiger partial charge is 0.246 e. The Balaban J connectivity index is 6.53. The van der Waals surface area contributed by atoms with Gasteiger partial charge in [-0.25, -0.2) is 0 Å². The lowest BCUT2D eigenvalue weighted by Gasteiger charge is -2.45. The van der Waals surface area contributed by atoms with Crippen LogP contribution in [0.5, 0.6) is 0 Å². The quantitative estimate of drug-likeness (QED) is 0.0938. The van der Waals surface area contributed by atoms with Crippen molar-refractivity contribution in [1.29, 1.82) is 0 Å². The average molecular weight is 638 g/mol. The fourth-order valence-corrected chi connectivity index (χ4v) is 6.58. The Morgan fingerprint density at radius 3 is 1.80 bits per heavy atom. The monoisotopic (exact) mass is 637 g/mol. The molecule has 0 radical (unpaired) electrons. The second kappa shape index (κ2) is 18.2. The van der Waals surface area contributed by atoms with Crippen LogP contribution in [0.4, 0.5) is 0 Å². The lowest BCUT2D eigenvalue weighted by atomic mass is 9.93. The normalized spacial score (nSPS) is 16.2. The highest BCUT2D eigenvalue weighted by molar-refractivity contribution is 6.74. The van der Waals surface area contributed by atoms with Crippen LogP contribution in [0.2, 0.25) is 18.1 Å². The molecule has 44 heavy (non-hydrogen) atoms. The summed E-state index contributed by atoms with van der Waals surface area (Å²) in [4.78, 5) is 58.8. The van der Waals surface area contributed by atoms with Crippen LogP contribution in [-0.4, -0.2) is 92.4 Å². The number of nitrogens with zero attached hydrogens (tertiary/aromatic N) is 3. The highest BCUT2D eigenvalue weighted by Crippen LogP contribution is 2.39. The Kier molecular flexibility index (Phi) is 17.4. The van der Waals surface area contributed by atoms with Gasteiger partial charge >= 0.3 is 0 Å². The van der Waals surface area contributed by atoms with Crippen molar-refractivity contribution in [3.63, 3.8) is 0 Å². The van der Waals surface area contributed by atoms with Crippen molar-refractivity contribution in [3.05, 3.63) is 12.2 Å². The molecule has 0 fully saturated rings. The van der Waals surface area contributed by atoms with E-state index in [2.05, 4.69) is 60.7 Å². The number of aldehydes is 1. The van der Waals surface area contributed by atoms with Crippen LogP contribution in [0, 0.1) is 23.7 Å². The van der Waals surface area contributed by atoms with Gasteiger partial charge in [0, 0.05) is 27.6 Å². The Labute approximate surface area is 271 Å². The van der Waals surface area contributed by atoms with Gasteiger partial charge in [0.1, 0.15) is 24.4 Å². The highest BCUT2D eigenvalue weighted by atomic mass is 28.4. The van der Waals surface area contributed by atoms with Crippen molar-refractivity contribution in [2.24, 2.45) is 23.7 Å². The van der Waals surface area contributed by atoms with Crippen LogP contribution in [0.3, 0.4) is 0 Å². The fraction of sp³-hybridized carbons (Fsp3) is 0.829. The summed E-state index contributed by atoms with van der Waals surface area (Å²) in [6.07, 6.45) is 6.68. The molecule has 9 heteroatoms. The number of likely N-dealkylation sites (N-methyl/N-ethyl adjacent to an activating group) is 3. The molecular formula is C35H67N3O5Si.